The summed E-state index contributed by atoms with van der Waals surface area (Å²) < 4.78 is 26.7. The third-order valence-corrected chi connectivity index (χ3v) is 6.70. The van der Waals surface area contributed by atoms with Gasteiger partial charge in [0.25, 0.3) is 0 Å². The molecule has 0 fully saturated rings. The van der Waals surface area contributed by atoms with Gasteiger partial charge in [0.2, 0.25) is 15.9 Å². The summed E-state index contributed by atoms with van der Waals surface area (Å²) in [6, 6.07) is 1.62. The minimum Gasteiger partial charge on any atom is -0.342 e. The van der Waals surface area contributed by atoms with Crippen molar-refractivity contribution < 1.29 is 13.2 Å². The zero-order valence-electron chi connectivity index (χ0n) is 14.0. The van der Waals surface area contributed by atoms with Gasteiger partial charge in [0.1, 0.15) is 4.90 Å². The molecule has 0 spiro atoms. The molecule has 0 saturated heterocycles. The first-order valence-electron chi connectivity index (χ1n) is 7.27. The summed E-state index contributed by atoms with van der Waals surface area (Å²) in [7, 11) is -2.56. The monoisotopic (exact) mass is 380 g/mol. The van der Waals surface area contributed by atoms with E-state index >= 15 is 0 Å². The highest BCUT2D eigenvalue weighted by molar-refractivity contribution is 7.89. The molecule has 0 atom stereocenters. The van der Waals surface area contributed by atoms with E-state index < -0.39 is 10.0 Å². The maximum absolute atomic E-state index is 12.8. The van der Waals surface area contributed by atoms with E-state index in [1.807, 2.05) is 13.8 Å². The summed E-state index contributed by atoms with van der Waals surface area (Å²) in [4.78, 5) is 13.7. The molecule has 1 rings (SSSR count). The van der Waals surface area contributed by atoms with E-state index in [4.69, 9.17) is 23.2 Å². The van der Waals surface area contributed by atoms with E-state index in [-0.39, 0.29) is 22.4 Å². The Labute approximate surface area is 148 Å². The van der Waals surface area contributed by atoms with Gasteiger partial charge in [-0.05, 0) is 44.9 Å². The van der Waals surface area contributed by atoms with Crippen LogP contribution in [0.5, 0.6) is 0 Å². The Morgan fingerprint density at radius 3 is 2.17 bits per heavy atom. The van der Waals surface area contributed by atoms with Crippen molar-refractivity contribution in [2.45, 2.75) is 32.6 Å². The summed E-state index contributed by atoms with van der Waals surface area (Å²) >= 11 is 12.3. The van der Waals surface area contributed by atoms with Crippen molar-refractivity contribution in [2.75, 3.05) is 26.7 Å². The molecule has 1 aromatic carbocycles. The predicted molar refractivity (Wildman–Crippen MR) is 93.7 cm³/mol. The molecule has 0 heterocycles. The molecule has 130 valence electrons. The number of halogens is 2. The molecular formula is C15H22Cl2N2O3S. The molecule has 0 saturated carbocycles. The van der Waals surface area contributed by atoms with Gasteiger partial charge < -0.3 is 4.90 Å². The van der Waals surface area contributed by atoms with Crippen molar-refractivity contribution in [1.82, 2.24) is 9.21 Å². The van der Waals surface area contributed by atoms with Crippen LogP contribution in [0.2, 0.25) is 10.0 Å². The average molecular weight is 381 g/mol. The molecule has 0 aromatic heterocycles. The van der Waals surface area contributed by atoms with E-state index in [0.717, 1.165) is 4.31 Å². The fraction of sp³-hybridized carbons (Fsp3) is 0.533. The lowest BCUT2D eigenvalue weighted by Gasteiger charge is -2.24. The van der Waals surface area contributed by atoms with Gasteiger partial charge in [0, 0.05) is 25.2 Å². The molecule has 0 unspecified atom stereocenters. The van der Waals surface area contributed by atoms with Gasteiger partial charge >= 0.3 is 0 Å². The minimum absolute atomic E-state index is 0.0426. The number of likely N-dealkylation sites (N-methyl/N-ethyl adjacent to an activating group) is 2. The van der Waals surface area contributed by atoms with E-state index in [1.165, 1.54) is 7.05 Å². The molecule has 1 aromatic rings. The van der Waals surface area contributed by atoms with Gasteiger partial charge in [0.05, 0.1) is 11.6 Å². The summed E-state index contributed by atoms with van der Waals surface area (Å²) in [6.45, 7) is 7.78. The Balaban J connectivity index is 3.25. The number of carbonyl (C=O) groups excluding carboxylic acids is 1. The number of hydrogen-bond acceptors (Lipinski definition) is 3. The molecule has 1 amide bonds. The Morgan fingerprint density at radius 2 is 1.70 bits per heavy atom. The molecule has 5 nitrogen and oxygen atoms in total. The Morgan fingerprint density at radius 1 is 1.17 bits per heavy atom. The van der Waals surface area contributed by atoms with Gasteiger partial charge in [0.15, 0.2) is 0 Å². The molecular weight excluding hydrogens is 359 g/mol. The largest absolute Gasteiger partial charge is 0.342 e. The Hall–Kier alpha value is -0.820. The van der Waals surface area contributed by atoms with E-state index in [9.17, 15) is 13.2 Å². The quantitative estimate of drug-likeness (QED) is 0.761. The van der Waals surface area contributed by atoms with Crippen molar-refractivity contribution in [3.63, 3.8) is 0 Å². The highest BCUT2D eigenvalue weighted by atomic mass is 35.5. The van der Waals surface area contributed by atoms with Crippen LogP contribution >= 0.6 is 23.2 Å². The van der Waals surface area contributed by atoms with Gasteiger partial charge in [-0.1, -0.05) is 23.2 Å². The molecule has 0 aliphatic rings. The van der Waals surface area contributed by atoms with Gasteiger partial charge in [-0.2, -0.15) is 4.31 Å². The molecule has 0 radical (unpaired) electrons. The molecule has 8 heteroatoms. The number of carbonyl (C=O) groups is 1. The van der Waals surface area contributed by atoms with E-state index in [2.05, 4.69) is 0 Å². The van der Waals surface area contributed by atoms with Crippen LogP contribution in [0.25, 0.3) is 0 Å². The van der Waals surface area contributed by atoms with E-state index in [0.29, 0.717) is 29.2 Å². The van der Waals surface area contributed by atoms with Crippen LogP contribution in [0.4, 0.5) is 0 Å². The normalized spacial score (nSPS) is 11.8. The maximum Gasteiger partial charge on any atom is 0.245 e. The number of benzene rings is 1. The summed E-state index contributed by atoms with van der Waals surface area (Å²) in [5.74, 6) is -0.256. The first kappa shape index (κ1) is 20.2. The van der Waals surface area contributed by atoms with Crippen molar-refractivity contribution in [3.8, 4) is 0 Å². The topological polar surface area (TPSA) is 57.7 Å². The Bertz CT molecular complexity index is 675. The smallest absolute Gasteiger partial charge is 0.245 e. The third-order valence-electron chi connectivity index (χ3n) is 3.73. The second-order valence-electron chi connectivity index (χ2n) is 5.27. The lowest BCUT2D eigenvalue weighted by atomic mass is 10.2. The fourth-order valence-electron chi connectivity index (χ4n) is 2.23. The van der Waals surface area contributed by atoms with Crippen LogP contribution in [-0.2, 0) is 14.8 Å². The molecule has 23 heavy (non-hydrogen) atoms. The van der Waals surface area contributed by atoms with Gasteiger partial charge in [-0.15, -0.1) is 0 Å². The number of aryl methyl sites for hydroxylation is 1. The zero-order valence-corrected chi connectivity index (χ0v) is 16.3. The second-order valence-corrected chi connectivity index (χ2v) is 8.04. The molecule has 0 N–H and O–H groups in total. The number of sulfonamides is 1. The van der Waals surface area contributed by atoms with Crippen LogP contribution < -0.4 is 0 Å². The first-order chi connectivity index (χ1) is 10.6. The summed E-state index contributed by atoms with van der Waals surface area (Å²) in [5.41, 5.74) is 0.953. The first-order valence-corrected chi connectivity index (χ1v) is 9.46. The maximum atomic E-state index is 12.8. The minimum atomic E-state index is -3.92. The SMILES string of the molecule is CCN(CC)C(=O)CN(C)S(=O)(=O)c1c(C)c(Cl)cc(C)c1Cl. The van der Waals surface area contributed by atoms with Crippen LogP contribution in [0.3, 0.4) is 0 Å². The van der Waals surface area contributed by atoms with Crippen LogP contribution in [0.15, 0.2) is 11.0 Å². The highest BCUT2D eigenvalue weighted by Crippen LogP contribution is 2.34. The predicted octanol–water partition coefficient (Wildman–Crippen LogP) is 3.10. The Kier molecular flexibility index (Phi) is 6.89. The standard InChI is InChI=1S/C15H22Cl2N2O3S/c1-6-19(7-2)13(20)9-18(5)23(21,22)15-11(4)12(16)8-10(3)14(15)17/h8H,6-7,9H2,1-5H3. The number of amides is 1. The van der Waals surface area contributed by atoms with Crippen molar-refractivity contribution >= 4 is 39.1 Å². The van der Waals surface area contributed by atoms with Crippen molar-refractivity contribution in [1.29, 1.82) is 0 Å². The van der Waals surface area contributed by atoms with Crippen LogP contribution in [-0.4, -0.2) is 50.2 Å². The number of nitrogens with zero attached hydrogens (tertiary/aromatic N) is 2. The summed E-state index contributed by atoms with van der Waals surface area (Å²) in [6.07, 6.45) is 0. The highest BCUT2D eigenvalue weighted by Gasteiger charge is 2.29. The van der Waals surface area contributed by atoms with Crippen LogP contribution in [0.1, 0.15) is 25.0 Å². The number of rotatable bonds is 6. The van der Waals surface area contributed by atoms with E-state index in [1.54, 1.807) is 24.8 Å². The lowest BCUT2D eigenvalue weighted by molar-refractivity contribution is -0.130. The molecule has 0 aliphatic carbocycles. The van der Waals surface area contributed by atoms with Gasteiger partial charge in [-0.25, -0.2) is 8.42 Å². The van der Waals surface area contributed by atoms with Gasteiger partial charge in [-0.3, -0.25) is 4.79 Å². The second kappa shape index (κ2) is 7.83. The van der Waals surface area contributed by atoms with Crippen molar-refractivity contribution in [2.24, 2.45) is 0 Å². The molecule has 0 aliphatic heterocycles. The third kappa shape index (κ3) is 4.18. The lowest BCUT2D eigenvalue weighted by Crippen LogP contribution is -2.41. The summed E-state index contributed by atoms with van der Waals surface area (Å²) in [5, 5.41) is 0.461. The van der Waals surface area contributed by atoms with Crippen molar-refractivity contribution in [3.05, 3.63) is 27.2 Å². The van der Waals surface area contributed by atoms with Crippen LogP contribution in [0, 0.1) is 13.8 Å². The fourth-order valence-corrected chi connectivity index (χ4v) is 4.51. The average Bonchev–Trinajstić information content (AvgIpc) is 2.46. The molecule has 0 bridgehead atoms. The number of hydrogen-bond donors (Lipinski definition) is 0. The zero-order chi connectivity index (χ0) is 17.9.